The first-order chi connectivity index (χ1) is 15.0. The van der Waals surface area contributed by atoms with Crippen LogP contribution >= 0.6 is 0 Å². The van der Waals surface area contributed by atoms with Crippen molar-refractivity contribution in [2.75, 3.05) is 6.61 Å². The van der Waals surface area contributed by atoms with Gasteiger partial charge in [-0.2, -0.15) is 5.10 Å². The first kappa shape index (κ1) is 20.5. The highest BCUT2D eigenvalue weighted by molar-refractivity contribution is 6.03. The first-order valence-electron chi connectivity index (χ1n) is 9.89. The van der Waals surface area contributed by atoms with Crippen molar-refractivity contribution in [3.63, 3.8) is 0 Å². The zero-order valence-electron chi connectivity index (χ0n) is 17.0. The molecule has 1 atom stereocenters. The third-order valence-corrected chi connectivity index (χ3v) is 5.04. The summed E-state index contributed by atoms with van der Waals surface area (Å²) < 4.78 is 23.7. The number of carbonyl (C=O) groups is 2. The van der Waals surface area contributed by atoms with Gasteiger partial charge in [-0.15, -0.1) is 0 Å². The number of benzene rings is 2. The second-order valence-electron chi connectivity index (χ2n) is 7.35. The molecular weight excluding hydrogens is 399 g/mol. The zero-order valence-corrected chi connectivity index (χ0v) is 17.0. The molecule has 0 N–H and O–H groups in total. The van der Waals surface area contributed by atoms with Gasteiger partial charge in [-0.1, -0.05) is 42.0 Å². The van der Waals surface area contributed by atoms with Crippen LogP contribution in [0.1, 0.15) is 34.9 Å². The predicted molar refractivity (Wildman–Crippen MR) is 112 cm³/mol. The van der Waals surface area contributed by atoms with Crippen molar-refractivity contribution < 1.29 is 23.1 Å². The number of furan rings is 1. The monoisotopic (exact) mass is 420 g/mol. The summed E-state index contributed by atoms with van der Waals surface area (Å²) in [5.74, 6) is -0.795. The molecule has 6 nitrogen and oxygen atoms in total. The minimum Gasteiger partial charge on any atom is -0.467 e. The number of nitrogens with zero attached hydrogens (tertiary/aromatic N) is 2. The Morgan fingerprint density at radius 1 is 1.13 bits per heavy atom. The summed E-state index contributed by atoms with van der Waals surface area (Å²) in [7, 11) is 0. The summed E-state index contributed by atoms with van der Waals surface area (Å²) >= 11 is 0. The van der Waals surface area contributed by atoms with Gasteiger partial charge in [-0.25, -0.2) is 9.40 Å². The van der Waals surface area contributed by atoms with Crippen LogP contribution in [-0.4, -0.2) is 29.2 Å². The van der Waals surface area contributed by atoms with Crippen molar-refractivity contribution in [3.05, 3.63) is 95.2 Å². The molecule has 0 saturated carbocycles. The van der Waals surface area contributed by atoms with Crippen LogP contribution in [0.3, 0.4) is 0 Å². The number of hydrogen-bond acceptors (Lipinski definition) is 5. The van der Waals surface area contributed by atoms with E-state index in [2.05, 4.69) is 5.10 Å². The first-order valence-corrected chi connectivity index (χ1v) is 9.89. The lowest BCUT2D eigenvalue weighted by atomic mass is 10.0. The van der Waals surface area contributed by atoms with E-state index in [9.17, 15) is 14.0 Å². The quantitative estimate of drug-likeness (QED) is 0.561. The molecule has 0 unspecified atom stereocenters. The number of aryl methyl sites for hydroxylation is 1. The van der Waals surface area contributed by atoms with Crippen molar-refractivity contribution in [1.82, 2.24) is 5.01 Å². The third kappa shape index (κ3) is 4.88. The number of ether oxygens (including phenoxy) is 1. The number of amides is 1. The Morgan fingerprint density at radius 3 is 2.55 bits per heavy atom. The van der Waals surface area contributed by atoms with E-state index >= 15 is 0 Å². The molecule has 0 aliphatic carbocycles. The normalized spacial score (nSPS) is 15.6. The van der Waals surface area contributed by atoms with E-state index in [-0.39, 0.29) is 12.2 Å². The van der Waals surface area contributed by atoms with Gasteiger partial charge in [0.15, 0.2) is 6.61 Å². The molecule has 1 aliphatic heterocycles. The minimum absolute atomic E-state index is 0.0486. The Hall–Kier alpha value is -3.74. The van der Waals surface area contributed by atoms with Crippen LogP contribution < -0.4 is 0 Å². The predicted octanol–water partition coefficient (Wildman–Crippen LogP) is 4.19. The van der Waals surface area contributed by atoms with Crippen LogP contribution in [0.15, 0.2) is 76.4 Å². The maximum absolute atomic E-state index is 13.0. The maximum Gasteiger partial charge on any atom is 0.310 e. The lowest BCUT2D eigenvalue weighted by molar-refractivity contribution is -0.152. The second kappa shape index (κ2) is 8.95. The lowest BCUT2D eigenvalue weighted by Crippen LogP contribution is -2.31. The van der Waals surface area contributed by atoms with Crippen LogP contribution in [0, 0.1) is 12.7 Å². The van der Waals surface area contributed by atoms with Gasteiger partial charge in [0.1, 0.15) is 17.6 Å². The number of carbonyl (C=O) groups excluding carboxylic acids is 2. The lowest BCUT2D eigenvalue weighted by Gasteiger charge is -2.19. The highest BCUT2D eigenvalue weighted by Crippen LogP contribution is 2.33. The molecule has 0 spiro atoms. The van der Waals surface area contributed by atoms with Gasteiger partial charge >= 0.3 is 5.97 Å². The third-order valence-electron chi connectivity index (χ3n) is 5.04. The van der Waals surface area contributed by atoms with Crippen LogP contribution in [0.5, 0.6) is 0 Å². The van der Waals surface area contributed by atoms with E-state index in [0.29, 0.717) is 17.7 Å². The van der Waals surface area contributed by atoms with E-state index in [1.165, 1.54) is 29.3 Å². The molecular formula is C24H21FN2O4. The smallest absolute Gasteiger partial charge is 0.310 e. The number of esters is 1. The largest absolute Gasteiger partial charge is 0.467 e. The van der Waals surface area contributed by atoms with Gasteiger partial charge in [-0.3, -0.25) is 9.59 Å². The molecule has 0 bridgehead atoms. The molecule has 0 fully saturated rings. The van der Waals surface area contributed by atoms with Crippen LogP contribution in [0.4, 0.5) is 4.39 Å². The molecule has 4 rings (SSSR count). The fourth-order valence-electron chi connectivity index (χ4n) is 3.39. The molecule has 2 heterocycles. The Kier molecular flexibility index (Phi) is 5.93. The van der Waals surface area contributed by atoms with Crippen molar-refractivity contribution in [2.45, 2.75) is 25.8 Å². The van der Waals surface area contributed by atoms with Crippen LogP contribution in [0.2, 0.25) is 0 Å². The summed E-state index contributed by atoms with van der Waals surface area (Å²) in [6.45, 7) is 1.56. The van der Waals surface area contributed by atoms with Crippen LogP contribution in [-0.2, 0) is 20.7 Å². The van der Waals surface area contributed by atoms with E-state index < -0.39 is 24.5 Å². The fourth-order valence-corrected chi connectivity index (χ4v) is 3.39. The van der Waals surface area contributed by atoms with Gasteiger partial charge in [0.25, 0.3) is 5.91 Å². The molecule has 3 aromatic rings. The van der Waals surface area contributed by atoms with Crippen molar-refractivity contribution in [1.29, 1.82) is 0 Å². The molecule has 31 heavy (non-hydrogen) atoms. The molecule has 158 valence electrons. The number of halogens is 1. The van der Waals surface area contributed by atoms with Gasteiger partial charge in [-0.05, 0) is 42.3 Å². The van der Waals surface area contributed by atoms with Gasteiger partial charge in [0.2, 0.25) is 0 Å². The summed E-state index contributed by atoms with van der Waals surface area (Å²) in [5.41, 5.74) is 3.41. The molecule has 7 heteroatoms. The fraction of sp³-hybridized carbons (Fsp3) is 0.208. The summed E-state index contributed by atoms with van der Waals surface area (Å²) in [6, 6.07) is 16.6. The van der Waals surface area contributed by atoms with E-state index in [1.54, 1.807) is 18.4 Å². The van der Waals surface area contributed by atoms with Crippen LogP contribution in [0.25, 0.3) is 0 Å². The molecule has 1 aliphatic rings. The van der Waals surface area contributed by atoms with Crippen molar-refractivity contribution in [3.8, 4) is 0 Å². The number of rotatable bonds is 6. The highest BCUT2D eigenvalue weighted by atomic mass is 19.1. The van der Waals surface area contributed by atoms with E-state index in [4.69, 9.17) is 9.15 Å². The summed E-state index contributed by atoms with van der Waals surface area (Å²) in [5, 5.41) is 5.82. The molecule has 2 aromatic carbocycles. The molecule has 1 aromatic heterocycles. The standard InChI is InChI=1S/C24H21FN2O4/c1-16-4-8-18(9-5-16)20-14-21(22-3-2-12-30-22)27(26-20)23(28)15-31-24(29)13-17-6-10-19(25)11-7-17/h2-12,21H,13-15H2,1H3/t21-/m1/s1. The average Bonchev–Trinajstić information content (AvgIpc) is 3.44. The Bertz CT molecular complexity index is 1090. The number of hydrazone groups is 1. The van der Waals surface area contributed by atoms with E-state index in [1.807, 2.05) is 31.2 Å². The van der Waals surface area contributed by atoms with Crippen molar-refractivity contribution >= 4 is 17.6 Å². The molecule has 0 saturated heterocycles. The van der Waals surface area contributed by atoms with Gasteiger partial charge in [0.05, 0.1) is 18.4 Å². The minimum atomic E-state index is -0.573. The average molecular weight is 420 g/mol. The second-order valence-corrected chi connectivity index (χ2v) is 7.35. The van der Waals surface area contributed by atoms with Gasteiger partial charge < -0.3 is 9.15 Å². The zero-order chi connectivity index (χ0) is 21.8. The van der Waals surface area contributed by atoms with Crippen molar-refractivity contribution in [2.24, 2.45) is 5.10 Å². The highest BCUT2D eigenvalue weighted by Gasteiger charge is 2.35. The molecule has 1 amide bonds. The Labute approximate surface area is 178 Å². The maximum atomic E-state index is 13.0. The summed E-state index contributed by atoms with van der Waals surface area (Å²) in [4.78, 5) is 24.9. The Morgan fingerprint density at radius 2 is 1.87 bits per heavy atom. The topological polar surface area (TPSA) is 72.1 Å². The van der Waals surface area contributed by atoms with E-state index in [0.717, 1.165) is 16.8 Å². The SMILES string of the molecule is Cc1ccc(C2=NN(C(=O)COC(=O)Cc3ccc(F)cc3)[C@@H](c3ccco3)C2)cc1. The van der Waals surface area contributed by atoms with Gasteiger partial charge in [0, 0.05) is 6.42 Å². The Balaban J connectivity index is 1.45. The summed E-state index contributed by atoms with van der Waals surface area (Å²) in [6.07, 6.45) is 1.99. The number of hydrogen-bond donors (Lipinski definition) is 0. The molecule has 0 radical (unpaired) electrons.